The Bertz CT molecular complexity index is 850. The Morgan fingerprint density at radius 2 is 1.75 bits per heavy atom. The predicted molar refractivity (Wildman–Crippen MR) is 120 cm³/mol. The lowest BCUT2D eigenvalue weighted by molar-refractivity contribution is -0.135. The molecule has 1 aromatic carbocycles. The molecule has 0 radical (unpaired) electrons. The van der Waals surface area contributed by atoms with Gasteiger partial charge in [0.25, 0.3) is 0 Å². The Balaban J connectivity index is 1.28. The summed E-state index contributed by atoms with van der Waals surface area (Å²) in [6, 6.07) is 7.25. The third-order valence-corrected chi connectivity index (χ3v) is 7.33. The van der Waals surface area contributed by atoms with Crippen molar-refractivity contribution in [2.45, 2.75) is 51.4 Å². The maximum Gasteiger partial charge on any atom is 0.240 e. The maximum atomic E-state index is 13.1. The van der Waals surface area contributed by atoms with Crippen LogP contribution in [0, 0.1) is 11.8 Å². The van der Waals surface area contributed by atoms with E-state index in [2.05, 4.69) is 15.5 Å². The number of Topliss-reactive ketones (excluding diaryl/α,β-unsaturated/α-hetero) is 1. The molecule has 3 saturated heterocycles. The van der Waals surface area contributed by atoms with Crippen molar-refractivity contribution in [1.82, 2.24) is 20.4 Å². The van der Waals surface area contributed by atoms with E-state index in [9.17, 15) is 14.4 Å². The van der Waals surface area contributed by atoms with Gasteiger partial charge in [-0.2, -0.15) is 0 Å². The molecule has 2 amide bonds. The minimum absolute atomic E-state index is 0.00242. The highest BCUT2D eigenvalue weighted by Crippen LogP contribution is 2.27. The molecule has 4 unspecified atom stereocenters. The fraction of sp³-hybridized carbons (Fsp3) is 0.625. The van der Waals surface area contributed by atoms with Crippen LogP contribution in [0.1, 0.15) is 43.5 Å². The summed E-state index contributed by atoms with van der Waals surface area (Å²) in [5, 5.41) is 6.37. The number of ether oxygens (including phenoxy) is 1. The van der Waals surface area contributed by atoms with Crippen LogP contribution in [0.25, 0.3) is 0 Å². The summed E-state index contributed by atoms with van der Waals surface area (Å²) in [5.41, 5.74) is 0.720. The second-order valence-electron chi connectivity index (χ2n) is 9.30. The van der Waals surface area contributed by atoms with Crippen molar-refractivity contribution in [3.8, 4) is 5.75 Å². The summed E-state index contributed by atoms with van der Waals surface area (Å²) in [7, 11) is 1.61. The average molecular weight is 443 g/mol. The molecule has 4 rings (SSSR count). The largest absolute Gasteiger partial charge is 0.497 e. The summed E-state index contributed by atoms with van der Waals surface area (Å²) >= 11 is 0. The SMILES string of the molecule is COc1ccc(C(=O)C2CCN(C3CCN(CC4NC(=O)C(C)C(C)N4)C3=O)CC2)cc1. The van der Waals surface area contributed by atoms with Gasteiger partial charge in [-0.15, -0.1) is 0 Å². The van der Waals surface area contributed by atoms with Gasteiger partial charge in [0, 0.05) is 24.1 Å². The zero-order valence-corrected chi connectivity index (χ0v) is 19.2. The number of hydrogen-bond acceptors (Lipinski definition) is 6. The number of ketones is 1. The summed E-state index contributed by atoms with van der Waals surface area (Å²) in [5.74, 6) is 1.01. The summed E-state index contributed by atoms with van der Waals surface area (Å²) in [6.07, 6.45) is 2.13. The Hall–Kier alpha value is -2.45. The van der Waals surface area contributed by atoms with E-state index in [1.807, 2.05) is 43.0 Å². The monoisotopic (exact) mass is 442 g/mol. The first-order valence-corrected chi connectivity index (χ1v) is 11.6. The van der Waals surface area contributed by atoms with Crippen LogP contribution in [0.2, 0.25) is 0 Å². The second-order valence-corrected chi connectivity index (χ2v) is 9.30. The zero-order valence-electron chi connectivity index (χ0n) is 19.2. The van der Waals surface area contributed by atoms with Gasteiger partial charge < -0.3 is 15.0 Å². The summed E-state index contributed by atoms with van der Waals surface area (Å²) < 4.78 is 5.17. The fourth-order valence-electron chi connectivity index (χ4n) is 5.06. The van der Waals surface area contributed by atoms with Crippen LogP contribution in [0.3, 0.4) is 0 Å². The summed E-state index contributed by atoms with van der Waals surface area (Å²) in [6.45, 7) is 6.61. The number of carbonyl (C=O) groups excluding carboxylic acids is 3. The van der Waals surface area contributed by atoms with Gasteiger partial charge in [-0.05, 0) is 63.5 Å². The van der Waals surface area contributed by atoms with E-state index in [4.69, 9.17) is 4.74 Å². The third kappa shape index (κ3) is 4.66. The molecule has 3 heterocycles. The summed E-state index contributed by atoms with van der Waals surface area (Å²) in [4.78, 5) is 42.1. The van der Waals surface area contributed by atoms with Gasteiger partial charge in [0.15, 0.2) is 5.78 Å². The molecule has 3 fully saturated rings. The van der Waals surface area contributed by atoms with Crippen LogP contribution >= 0.6 is 0 Å². The second kappa shape index (κ2) is 9.58. The molecular weight excluding hydrogens is 408 g/mol. The van der Waals surface area contributed by atoms with E-state index in [1.165, 1.54) is 0 Å². The standard InChI is InChI=1S/C24H34N4O4/c1-15-16(2)25-21(26-23(15)30)14-28-13-10-20(24(28)31)27-11-8-18(9-12-27)22(29)17-4-6-19(32-3)7-5-17/h4-7,15-16,18,20-21,25H,8-14H2,1-3H3,(H,26,30). The van der Waals surface area contributed by atoms with Crippen LogP contribution < -0.4 is 15.4 Å². The molecule has 0 saturated carbocycles. The van der Waals surface area contributed by atoms with E-state index in [-0.39, 0.29) is 47.7 Å². The van der Waals surface area contributed by atoms with Gasteiger partial charge >= 0.3 is 0 Å². The van der Waals surface area contributed by atoms with Crippen molar-refractivity contribution < 1.29 is 19.1 Å². The smallest absolute Gasteiger partial charge is 0.240 e. The van der Waals surface area contributed by atoms with Crippen LogP contribution in [0.5, 0.6) is 5.75 Å². The van der Waals surface area contributed by atoms with Gasteiger partial charge in [0.05, 0.1) is 31.8 Å². The van der Waals surface area contributed by atoms with E-state index >= 15 is 0 Å². The van der Waals surface area contributed by atoms with Gasteiger partial charge in [-0.3, -0.25) is 24.6 Å². The highest BCUT2D eigenvalue weighted by Gasteiger charge is 2.40. The lowest BCUT2D eigenvalue weighted by Gasteiger charge is -2.37. The third-order valence-electron chi connectivity index (χ3n) is 7.33. The fourth-order valence-corrected chi connectivity index (χ4v) is 5.06. The maximum absolute atomic E-state index is 13.1. The highest BCUT2D eigenvalue weighted by molar-refractivity contribution is 5.98. The van der Waals surface area contributed by atoms with Crippen LogP contribution in [-0.4, -0.2) is 78.9 Å². The molecule has 0 spiro atoms. The van der Waals surface area contributed by atoms with Crippen LogP contribution in [0.15, 0.2) is 24.3 Å². The van der Waals surface area contributed by atoms with Crippen molar-refractivity contribution in [3.05, 3.63) is 29.8 Å². The topological polar surface area (TPSA) is 91.0 Å². The van der Waals surface area contributed by atoms with Gasteiger partial charge in [0.1, 0.15) is 5.75 Å². The number of nitrogens with one attached hydrogen (secondary N) is 2. The normalized spacial score (nSPS) is 29.8. The van der Waals surface area contributed by atoms with Crippen molar-refractivity contribution >= 4 is 17.6 Å². The number of benzene rings is 1. The number of piperidine rings is 1. The number of likely N-dealkylation sites (tertiary alicyclic amines) is 2. The molecule has 8 heteroatoms. The van der Waals surface area contributed by atoms with Crippen LogP contribution in [0.4, 0.5) is 0 Å². The number of methoxy groups -OCH3 is 1. The Labute approximate surface area is 189 Å². The first kappa shape index (κ1) is 22.7. The molecular formula is C24H34N4O4. The Morgan fingerprint density at radius 3 is 2.38 bits per heavy atom. The van der Waals surface area contributed by atoms with E-state index in [1.54, 1.807) is 7.11 Å². The Kier molecular flexibility index (Phi) is 6.81. The lowest BCUT2D eigenvalue weighted by atomic mass is 9.88. The number of amides is 2. The first-order chi connectivity index (χ1) is 15.4. The van der Waals surface area contributed by atoms with Crippen molar-refractivity contribution in [2.24, 2.45) is 11.8 Å². The molecule has 3 aliphatic rings. The molecule has 4 atom stereocenters. The van der Waals surface area contributed by atoms with Gasteiger partial charge in [0.2, 0.25) is 11.8 Å². The van der Waals surface area contributed by atoms with E-state index < -0.39 is 0 Å². The van der Waals surface area contributed by atoms with Gasteiger partial charge in [-0.25, -0.2) is 0 Å². The minimum atomic E-state index is -0.204. The average Bonchev–Trinajstić information content (AvgIpc) is 3.17. The molecule has 8 nitrogen and oxygen atoms in total. The number of rotatable bonds is 6. The quantitative estimate of drug-likeness (QED) is 0.645. The Morgan fingerprint density at radius 1 is 1.06 bits per heavy atom. The number of nitrogens with zero attached hydrogens (tertiary/aromatic N) is 2. The van der Waals surface area contributed by atoms with Gasteiger partial charge in [-0.1, -0.05) is 6.92 Å². The van der Waals surface area contributed by atoms with Crippen LogP contribution in [-0.2, 0) is 9.59 Å². The number of carbonyl (C=O) groups is 3. The molecule has 1 aromatic rings. The van der Waals surface area contributed by atoms with Crippen molar-refractivity contribution in [3.63, 3.8) is 0 Å². The molecule has 32 heavy (non-hydrogen) atoms. The van der Waals surface area contributed by atoms with E-state index in [0.29, 0.717) is 13.1 Å². The predicted octanol–water partition coefficient (Wildman–Crippen LogP) is 1.26. The lowest BCUT2D eigenvalue weighted by Crippen LogP contribution is -2.63. The zero-order chi connectivity index (χ0) is 22.8. The molecule has 0 bridgehead atoms. The first-order valence-electron chi connectivity index (χ1n) is 11.6. The molecule has 0 aromatic heterocycles. The highest BCUT2D eigenvalue weighted by atomic mass is 16.5. The van der Waals surface area contributed by atoms with E-state index in [0.717, 1.165) is 43.7 Å². The molecule has 3 aliphatic heterocycles. The van der Waals surface area contributed by atoms with Crippen molar-refractivity contribution in [1.29, 1.82) is 0 Å². The minimum Gasteiger partial charge on any atom is -0.497 e. The molecule has 174 valence electrons. The molecule has 0 aliphatic carbocycles. The number of hydrogen-bond donors (Lipinski definition) is 2. The van der Waals surface area contributed by atoms with Crippen molar-refractivity contribution in [2.75, 3.05) is 33.3 Å². The molecule has 2 N–H and O–H groups in total.